The number of rotatable bonds is 1. The summed E-state index contributed by atoms with van der Waals surface area (Å²) in [7, 11) is 0. The number of hydrogen-bond donors (Lipinski definition) is 1. The first-order valence-electron chi connectivity index (χ1n) is 6.29. The van der Waals surface area contributed by atoms with Gasteiger partial charge in [-0.1, -0.05) is 0 Å². The lowest BCUT2D eigenvalue weighted by Crippen LogP contribution is -2.44. The number of esters is 1. The van der Waals surface area contributed by atoms with Gasteiger partial charge in [-0.3, -0.25) is 4.90 Å². The van der Waals surface area contributed by atoms with Gasteiger partial charge in [0.25, 0.3) is 0 Å². The summed E-state index contributed by atoms with van der Waals surface area (Å²) in [6, 6.07) is -0.489. The van der Waals surface area contributed by atoms with Gasteiger partial charge in [-0.2, -0.15) is 0 Å². The summed E-state index contributed by atoms with van der Waals surface area (Å²) in [5.41, 5.74) is -0.676. The van der Waals surface area contributed by atoms with Crippen LogP contribution in [0.25, 0.3) is 0 Å². The Hall–Kier alpha value is -1.56. The summed E-state index contributed by atoms with van der Waals surface area (Å²) >= 11 is 0. The van der Waals surface area contributed by atoms with E-state index in [2.05, 4.69) is 5.32 Å². The number of nitrogens with zero attached hydrogens (tertiary/aromatic N) is 1. The van der Waals surface area contributed by atoms with Gasteiger partial charge in [0.1, 0.15) is 17.4 Å². The average molecular weight is 268 g/mol. The van der Waals surface area contributed by atoms with Crippen LogP contribution in [0, 0.1) is 0 Å². The molecule has 0 spiro atoms. The Morgan fingerprint density at radius 1 is 1.53 bits per heavy atom. The van der Waals surface area contributed by atoms with Crippen molar-refractivity contribution in [3.05, 3.63) is 11.8 Å². The Morgan fingerprint density at radius 3 is 2.74 bits per heavy atom. The fourth-order valence-corrected chi connectivity index (χ4v) is 2.27. The molecule has 2 aliphatic rings. The minimum absolute atomic E-state index is 0.241. The van der Waals surface area contributed by atoms with E-state index in [-0.39, 0.29) is 12.1 Å². The lowest BCUT2D eigenvalue weighted by Gasteiger charge is -2.27. The number of carbonyl (C=O) groups is 2. The maximum atomic E-state index is 11.9. The lowest BCUT2D eigenvalue weighted by molar-refractivity contribution is -0.148. The number of hydrogen-bond acceptors (Lipinski definition) is 4. The van der Waals surface area contributed by atoms with Crippen LogP contribution in [0.3, 0.4) is 0 Å². The van der Waals surface area contributed by atoms with E-state index in [9.17, 15) is 9.59 Å². The standard InChI is InChI=1S/C13H20N2O4/c1-12(2,3)19-10(16)6-8-9-7-18-13(4,5)15(9)11(17)14-8/h6,9H,7H2,1-5H3,(H,14,17)/b8-6-/t9-/m0/s1. The molecule has 0 saturated carbocycles. The first kappa shape index (κ1) is 13.9. The van der Waals surface area contributed by atoms with Gasteiger partial charge in [0.05, 0.1) is 12.3 Å². The van der Waals surface area contributed by atoms with Crippen LogP contribution in [0.4, 0.5) is 4.79 Å². The van der Waals surface area contributed by atoms with Crippen molar-refractivity contribution in [2.75, 3.05) is 6.61 Å². The van der Waals surface area contributed by atoms with Gasteiger partial charge in [0, 0.05) is 6.08 Å². The van der Waals surface area contributed by atoms with Gasteiger partial charge >= 0.3 is 12.0 Å². The molecule has 6 heteroatoms. The summed E-state index contributed by atoms with van der Waals surface area (Å²) in [5, 5.41) is 2.70. The molecule has 106 valence electrons. The predicted octanol–water partition coefficient (Wildman–Crippen LogP) is 1.37. The molecule has 1 atom stereocenters. The average Bonchev–Trinajstić information content (AvgIpc) is 2.65. The molecule has 0 aromatic heterocycles. The van der Waals surface area contributed by atoms with Gasteiger partial charge < -0.3 is 14.8 Å². The summed E-state index contributed by atoms with van der Waals surface area (Å²) in [6.07, 6.45) is 1.33. The van der Waals surface area contributed by atoms with Gasteiger partial charge in [0.2, 0.25) is 0 Å². The van der Waals surface area contributed by atoms with E-state index in [1.165, 1.54) is 6.08 Å². The molecule has 0 aromatic carbocycles. The van der Waals surface area contributed by atoms with E-state index >= 15 is 0 Å². The highest BCUT2D eigenvalue weighted by molar-refractivity contribution is 5.88. The predicted molar refractivity (Wildman–Crippen MR) is 68.1 cm³/mol. The zero-order chi connectivity index (χ0) is 14.4. The molecular formula is C13H20N2O4. The molecule has 0 bridgehead atoms. The first-order valence-corrected chi connectivity index (χ1v) is 6.29. The van der Waals surface area contributed by atoms with Crippen LogP contribution in [-0.4, -0.2) is 40.9 Å². The van der Waals surface area contributed by atoms with Crippen molar-refractivity contribution in [1.82, 2.24) is 10.2 Å². The van der Waals surface area contributed by atoms with E-state index in [0.717, 1.165) is 0 Å². The Bertz CT molecular complexity index is 448. The largest absolute Gasteiger partial charge is 0.457 e. The number of fused-ring (bicyclic) bond motifs is 1. The highest BCUT2D eigenvalue weighted by atomic mass is 16.6. The van der Waals surface area contributed by atoms with E-state index in [0.29, 0.717) is 12.3 Å². The van der Waals surface area contributed by atoms with Crippen LogP contribution in [0.15, 0.2) is 11.8 Å². The molecule has 19 heavy (non-hydrogen) atoms. The van der Waals surface area contributed by atoms with Crippen molar-refractivity contribution in [1.29, 1.82) is 0 Å². The number of urea groups is 1. The fraction of sp³-hybridized carbons (Fsp3) is 0.692. The van der Waals surface area contributed by atoms with Crippen molar-refractivity contribution >= 4 is 12.0 Å². The highest BCUT2D eigenvalue weighted by Crippen LogP contribution is 2.34. The third kappa shape index (κ3) is 2.73. The van der Waals surface area contributed by atoms with Crippen LogP contribution in [0.5, 0.6) is 0 Å². The molecule has 2 amide bonds. The Balaban J connectivity index is 2.16. The zero-order valence-electron chi connectivity index (χ0n) is 11.9. The number of amides is 2. The molecule has 0 aliphatic carbocycles. The first-order chi connectivity index (χ1) is 8.60. The molecule has 0 radical (unpaired) electrons. The Labute approximate surface area is 112 Å². The maximum Gasteiger partial charge on any atom is 0.333 e. The molecule has 6 nitrogen and oxygen atoms in total. The van der Waals surface area contributed by atoms with Crippen molar-refractivity contribution < 1.29 is 19.1 Å². The van der Waals surface area contributed by atoms with E-state index in [1.807, 2.05) is 13.8 Å². The third-order valence-corrected chi connectivity index (χ3v) is 3.00. The molecule has 2 aliphatic heterocycles. The smallest absolute Gasteiger partial charge is 0.333 e. The third-order valence-electron chi connectivity index (χ3n) is 3.00. The second-order valence-electron chi connectivity index (χ2n) is 6.21. The summed E-state index contributed by atoms with van der Waals surface area (Å²) in [4.78, 5) is 25.3. The van der Waals surface area contributed by atoms with Gasteiger partial charge in [-0.25, -0.2) is 9.59 Å². The molecule has 0 unspecified atom stereocenters. The second kappa shape index (κ2) is 4.23. The number of nitrogens with one attached hydrogen (secondary N) is 1. The van der Waals surface area contributed by atoms with Crippen molar-refractivity contribution in [3.8, 4) is 0 Å². The van der Waals surface area contributed by atoms with Gasteiger partial charge in [-0.05, 0) is 34.6 Å². The van der Waals surface area contributed by atoms with E-state index in [1.54, 1.807) is 25.7 Å². The lowest BCUT2D eigenvalue weighted by atomic mass is 10.2. The quantitative estimate of drug-likeness (QED) is 0.576. The molecule has 2 fully saturated rings. The van der Waals surface area contributed by atoms with E-state index < -0.39 is 17.3 Å². The van der Waals surface area contributed by atoms with E-state index in [4.69, 9.17) is 9.47 Å². The zero-order valence-corrected chi connectivity index (χ0v) is 11.9. The SMILES string of the molecule is CC(C)(C)OC(=O)/C=C1\NC(=O)N2[C@H]1COC2(C)C. The molecule has 2 heterocycles. The van der Waals surface area contributed by atoms with Crippen molar-refractivity contribution in [2.24, 2.45) is 0 Å². The molecule has 1 N–H and O–H groups in total. The highest BCUT2D eigenvalue weighted by Gasteiger charge is 2.50. The topological polar surface area (TPSA) is 67.9 Å². The monoisotopic (exact) mass is 268 g/mol. The molecule has 2 rings (SSSR count). The van der Waals surface area contributed by atoms with Crippen LogP contribution in [0.1, 0.15) is 34.6 Å². The van der Waals surface area contributed by atoms with Crippen molar-refractivity contribution in [2.45, 2.75) is 52.0 Å². The fourth-order valence-electron chi connectivity index (χ4n) is 2.27. The Kier molecular flexibility index (Phi) is 3.09. The van der Waals surface area contributed by atoms with Crippen molar-refractivity contribution in [3.63, 3.8) is 0 Å². The minimum Gasteiger partial charge on any atom is -0.457 e. The number of ether oxygens (including phenoxy) is 2. The minimum atomic E-state index is -0.654. The summed E-state index contributed by atoms with van der Waals surface area (Å²) in [6.45, 7) is 9.41. The Morgan fingerprint density at radius 2 is 2.16 bits per heavy atom. The van der Waals surface area contributed by atoms with Crippen LogP contribution >= 0.6 is 0 Å². The number of carbonyl (C=O) groups excluding carboxylic acids is 2. The van der Waals surface area contributed by atoms with Gasteiger partial charge in [-0.15, -0.1) is 0 Å². The van der Waals surface area contributed by atoms with Crippen LogP contribution < -0.4 is 5.32 Å². The molecule has 2 saturated heterocycles. The second-order valence-corrected chi connectivity index (χ2v) is 6.21. The molecular weight excluding hydrogens is 248 g/mol. The van der Waals surface area contributed by atoms with Crippen LogP contribution in [-0.2, 0) is 14.3 Å². The van der Waals surface area contributed by atoms with Crippen LogP contribution in [0.2, 0.25) is 0 Å². The maximum absolute atomic E-state index is 11.9. The summed E-state index contributed by atoms with van der Waals surface area (Å²) < 4.78 is 10.8. The normalized spacial score (nSPS) is 27.4. The van der Waals surface area contributed by atoms with Gasteiger partial charge in [0.15, 0.2) is 0 Å². The molecule has 0 aromatic rings. The summed E-state index contributed by atoms with van der Waals surface area (Å²) in [5.74, 6) is -0.464.